The highest BCUT2D eigenvalue weighted by Gasteiger charge is 2.31. The topological polar surface area (TPSA) is 47.6 Å². The Morgan fingerprint density at radius 2 is 1.73 bits per heavy atom. The molecular weight excluding hydrogens is 361 g/mol. The van der Waals surface area contributed by atoms with Gasteiger partial charge in [0.05, 0.1) is 13.7 Å². The van der Waals surface area contributed by atoms with Crippen molar-refractivity contribution in [2.24, 2.45) is 0 Å². The van der Waals surface area contributed by atoms with Crippen LogP contribution in [-0.4, -0.2) is 25.7 Å². The van der Waals surface area contributed by atoms with E-state index < -0.39 is 46.7 Å². The van der Waals surface area contributed by atoms with Crippen LogP contribution in [-0.2, 0) is 6.42 Å². The predicted octanol–water partition coefficient (Wildman–Crippen LogP) is 3.12. The van der Waals surface area contributed by atoms with Crippen LogP contribution in [0.1, 0.15) is 15.9 Å². The van der Waals surface area contributed by atoms with Crippen molar-refractivity contribution in [1.29, 1.82) is 0 Å². The SMILES string of the molecule is COc1ccc2c(c1)C[C@H](CNC(=O)c1c(F)c(F)c(F)c(F)c1F)O2. The summed E-state index contributed by atoms with van der Waals surface area (Å²) in [4.78, 5) is 11.9. The number of nitrogens with one attached hydrogen (secondary N) is 1. The fourth-order valence-corrected chi connectivity index (χ4v) is 2.64. The van der Waals surface area contributed by atoms with E-state index in [9.17, 15) is 26.7 Å². The molecule has 0 saturated carbocycles. The summed E-state index contributed by atoms with van der Waals surface area (Å²) in [5.74, 6) is -11.3. The molecule has 0 aromatic heterocycles. The van der Waals surface area contributed by atoms with Crippen LogP contribution in [0.3, 0.4) is 0 Å². The molecule has 4 nitrogen and oxygen atoms in total. The number of carbonyl (C=O) groups is 1. The third-order valence-corrected chi connectivity index (χ3v) is 3.94. The molecule has 0 unspecified atom stereocenters. The molecule has 1 aliphatic heterocycles. The minimum Gasteiger partial charge on any atom is -0.497 e. The molecule has 1 heterocycles. The highest BCUT2D eigenvalue weighted by molar-refractivity contribution is 5.94. The fraction of sp³-hybridized carbons (Fsp3) is 0.235. The van der Waals surface area contributed by atoms with Crippen LogP contribution >= 0.6 is 0 Å². The van der Waals surface area contributed by atoms with E-state index in [0.29, 0.717) is 17.9 Å². The van der Waals surface area contributed by atoms with E-state index in [0.717, 1.165) is 5.56 Å². The average molecular weight is 373 g/mol. The Labute approximate surface area is 144 Å². The van der Waals surface area contributed by atoms with Crippen LogP contribution in [0.5, 0.6) is 11.5 Å². The van der Waals surface area contributed by atoms with Crippen molar-refractivity contribution in [3.63, 3.8) is 0 Å². The van der Waals surface area contributed by atoms with E-state index in [4.69, 9.17) is 9.47 Å². The van der Waals surface area contributed by atoms with Gasteiger partial charge >= 0.3 is 0 Å². The second-order valence-corrected chi connectivity index (χ2v) is 5.57. The molecule has 0 bridgehead atoms. The van der Waals surface area contributed by atoms with Crippen LogP contribution in [0.25, 0.3) is 0 Å². The fourth-order valence-electron chi connectivity index (χ4n) is 2.64. The van der Waals surface area contributed by atoms with Gasteiger partial charge in [-0.3, -0.25) is 4.79 Å². The minimum atomic E-state index is -2.32. The van der Waals surface area contributed by atoms with Crippen LogP contribution in [0, 0.1) is 29.1 Å². The van der Waals surface area contributed by atoms with Crippen LogP contribution in [0.15, 0.2) is 18.2 Å². The molecule has 1 N–H and O–H groups in total. The molecule has 0 saturated heterocycles. The summed E-state index contributed by atoms with van der Waals surface area (Å²) in [5, 5.41) is 2.13. The van der Waals surface area contributed by atoms with Gasteiger partial charge in [-0.15, -0.1) is 0 Å². The summed E-state index contributed by atoms with van der Waals surface area (Å²) in [6, 6.07) is 5.08. The Hall–Kier alpha value is -2.84. The van der Waals surface area contributed by atoms with E-state index in [1.807, 2.05) is 0 Å². The normalized spacial score (nSPS) is 15.4. The van der Waals surface area contributed by atoms with E-state index in [1.54, 1.807) is 18.2 Å². The number of fused-ring (bicyclic) bond motifs is 1. The van der Waals surface area contributed by atoms with Crippen LogP contribution in [0.2, 0.25) is 0 Å². The minimum absolute atomic E-state index is 0.185. The van der Waals surface area contributed by atoms with Gasteiger partial charge < -0.3 is 14.8 Å². The number of methoxy groups -OCH3 is 1. The average Bonchev–Trinajstić information content (AvgIpc) is 3.05. The van der Waals surface area contributed by atoms with E-state index in [1.165, 1.54) is 7.11 Å². The summed E-state index contributed by atoms with van der Waals surface area (Å²) >= 11 is 0. The molecule has 2 aromatic carbocycles. The molecular formula is C17H12F5NO3. The quantitative estimate of drug-likeness (QED) is 0.509. The number of benzene rings is 2. The summed E-state index contributed by atoms with van der Waals surface area (Å²) in [5.41, 5.74) is -0.724. The number of ether oxygens (including phenoxy) is 2. The Morgan fingerprint density at radius 3 is 2.35 bits per heavy atom. The molecule has 2 aromatic rings. The third kappa shape index (κ3) is 3.04. The second-order valence-electron chi connectivity index (χ2n) is 5.57. The van der Waals surface area contributed by atoms with Gasteiger partial charge in [-0.05, 0) is 18.2 Å². The molecule has 0 fully saturated rings. The predicted molar refractivity (Wildman–Crippen MR) is 79.7 cm³/mol. The zero-order valence-corrected chi connectivity index (χ0v) is 13.3. The lowest BCUT2D eigenvalue weighted by atomic mass is 10.1. The number of carbonyl (C=O) groups excluding carboxylic acids is 1. The highest BCUT2D eigenvalue weighted by atomic mass is 19.2. The summed E-state index contributed by atoms with van der Waals surface area (Å²) in [6.07, 6.45) is -0.175. The van der Waals surface area contributed by atoms with Gasteiger partial charge in [0.2, 0.25) is 5.82 Å². The van der Waals surface area contributed by atoms with Crippen LogP contribution in [0.4, 0.5) is 22.0 Å². The first-order chi connectivity index (χ1) is 12.3. The molecule has 1 atom stereocenters. The van der Waals surface area contributed by atoms with Gasteiger partial charge in [-0.2, -0.15) is 0 Å². The van der Waals surface area contributed by atoms with Gasteiger partial charge in [-0.1, -0.05) is 0 Å². The molecule has 3 rings (SSSR count). The van der Waals surface area contributed by atoms with E-state index in [2.05, 4.69) is 5.32 Å². The second kappa shape index (κ2) is 6.81. The van der Waals surface area contributed by atoms with Crippen molar-refractivity contribution in [2.75, 3.05) is 13.7 Å². The van der Waals surface area contributed by atoms with Crippen molar-refractivity contribution in [2.45, 2.75) is 12.5 Å². The summed E-state index contributed by atoms with van der Waals surface area (Å²) in [7, 11) is 1.50. The standard InChI is InChI=1S/C17H12F5NO3/c1-25-8-2-3-10-7(4-8)5-9(26-10)6-23-17(24)11-12(18)14(20)16(22)15(21)13(11)19/h2-4,9H,5-6H2,1H3,(H,23,24)/t9-/m1/s1. The Morgan fingerprint density at radius 1 is 1.12 bits per heavy atom. The molecule has 1 amide bonds. The van der Waals surface area contributed by atoms with E-state index in [-0.39, 0.29) is 6.54 Å². The lowest BCUT2D eigenvalue weighted by molar-refractivity contribution is 0.0921. The molecule has 138 valence electrons. The van der Waals surface area contributed by atoms with Gasteiger partial charge in [0.25, 0.3) is 5.91 Å². The van der Waals surface area contributed by atoms with Crippen molar-refractivity contribution in [1.82, 2.24) is 5.32 Å². The summed E-state index contributed by atoms with van der Waals surface area (Å²) < 4.78 is 77.3. The van der Waals surface area contributed by atoms with Crippen molar-refractivity contribution < 1.29 is 36.2 Å². The molecule has 0 aliphatic carbocycles. The van der Waals surface area contributed by atoms with Gasteiger partial charge in [0.1, 0.15) is 23.2 Å². The number of amides is 1. The number of halogens is 5. The summed E-state index contributed by atoms with van der Waals surface area (Å²) in [6.45, 7) is -0.185. The van der Waals surface area contributed by atoms with Crippen LogP contribution < -0.4 is 14.8 Å². The first-order valence-corrected chi connectivity index (χ1v) is 7.46. The smallest absolute Gasteiger partial charge is 0.257 e. The molecule has 9 heteroatoms. The Kier molecular flexibility index (Phi) is 4.71. The van der Waals surface area contributed by atoms with Gasteiger partial charge in [0.15, 0.2) is 23.3 Å². The van der Waals surface area contributed by atoms with E-state index >= 15 is 0 Å². The molecule has 26 heavy (non-hydrogen) atoms. The molecule has 1 aliphatic rings. The van der Waals surface area contributed by atoms with Gasteiger partial charge in [-0.25, -0.2) is 22.0 Å². The zero-order chi connectivity index (χ0) is 19.0. The lowest BCUT2D eigenvalue weighted by Gasteiger charge is -2.13. The first-order valence-electron chi connectivity index (χ1n) is 7.46. The number of hydrogen-bond acceptors (Lipinski definition) is 3. The van der Waals surface area contributed by atoms with Crippen molar-refractivity contribution >= 4 is 5.91 Å². The maximum Gasteiger partial charge on any atom is 0.257 e. The molecule has 0 radical (unpaired) electrons. The largest absolute Gasteiger partial charge is 0.497 e. The number of rotatable bonds is 4. The zero-order valence-electron chi connectivity index (χ0n) is 13.3. The number of hydrogen-bond donors (Lipinski definition) is 1. The maximum atomic E-state index is 13.6. The first kappa shape index (κ1) is 18.0. The maximum absolute atomic E-state index is 13.6. The Bertz CT molecular complexity index is 858. The van der Waals surface area contributed by atoms with Crippen molar-refractivity contribution in [3.05, 3.63) is 58.4 Å². The van der Waals surface area contributed by atoms with Crippen molar-refractivity contribution in [3.8, 4) is 11.5 Å². The van der Waals surface area contributed by atoms with Gasteiger partial charge in [0, 0.05) is 12.0 Å². The third-order valence-electron chi connectivity index (χ3n) is 3.94. The monoisotopic (exact) mass is 373 g/mol. The highest BCUT2D eigenvalue weighted by Crippen LogP contribution is 2.31. The molecule has 0 spiro atoms. The Balaban J connectivity index is 1.71. The lowest BCUT2D eigenvalue weighted by Crippen LogP contribution is -2.35.